The number of carbonyl (C=O) groups excluding carboxylic acids is 2. The average molecular weight is 540 g/mol. The fourth-order valence-corrected chi connectivity index (χ4v) is 5.51. The molecule has 2 saturated carbocycles. The van der Waals surface area contributed by atoms with Gasteiger partial charge in [-0.2, -0.15) is 18.3 Å². The number of aryl methyl sites for hydroxylation is 1. The molecule has 0 radical (unpaired) electrons. The molecule has 3 fully saturated rings. The number of aromatic nitrogens is 5. The number of carbonyl (C=O) groups is 2. The maximum absolute atomic E-state index is 13.9. The standard InChI is InChI=1S/C22H21F5N8O3/c1-9-17(33-38-32-9)19(36)31-18(11-3-12-13(4-11)21(12,23)24)14-7-35-16(29-14)2-10(5-28-35)6-34-8-15(22(25,26)27)30-20(34)37/h2,5,7,11-13,15,18H,3-4,6,8H2,1H3,(H,30,37)(H,31,36)/t11?,12?,13?,15-,18?/m0/s1. The molecule has 16 heteroatoms. The van der Waals surface area contributed by atoms with Crippen LogP contribution in [0.1, 0.15) is 46.3 Å². The van der Waals surface area contributed by atoms with Gasteiger partial charge >= 0.3 is 12.2 Å². The van der Waals surface area contributed by atoms with Crippen molar-refractivity contribution in [3.63, 3.8) is 0 Å². The van der Waals surface area contributed by atoms with Crippen LogP contribution in [-0.4, -0.2) is 66.4 Å². The van der Waals surface area contributed by atoms with Crippen LogP contribution < -0.4 is 10.6 Å². The van der Waals surface area contributed by atoms with Crippen LogP contribution in [0.5, 0.6) is 0 Å². The smallest absolute Gasteiger partial charge is 0.342 e. The minimum Gasteiger partial charge on any atom is -0.342 e. The van der Waals surface area contributed by atoms with E-state index in [2.05, 4.69) is 30.3 Å². The maximum Gasteiger partial charge on any atom is 0.410 e. The first-order valence-corrected chi connectivity index (χ1v) is 11.9. The molecule has 0 aromatic carbocycles. The topological polar surface area (TPSA) is 131 Å². The van der Waals surface area contributed by atoms with Crippen LogP contribution in [0.15, 0.2) is 23.1 Å². The number of rotatable bonds is 6. The van der Waals surface area contributed by atoms with Gasteiger partial charge in [0.15, 0.2) is 11.3 Å². The molecular formula is C22H21F5N8O3. The van der Waals surface area contributed by atoms with Gasteiger partial charge < -0.3 is 15.5 Å². The molecule has 4 atom stereocenters. The predicted octanol–water partition coefficient (Wildman–Crippen LogP) is 2.64. The summed E-state index contributed by atoms with van der Waals surface area (Å²) in [6.45, 7) is 0.885. The Morgan fingerprint density at radius 3 is 2.66 bits per heavy atom. The van der Waals surface area contributed by atoms with E-state index >= 15 is 0 Å². The maximum atomic E-state index is 13.9. The number of alkyl halides is 5. The summed E-state index contributed by atoms with van der Waals surface area (Å²) in [4.78, 5) is 30.5. The summed E-state index contributed by atoms with van der Waals surface area (Å²) >= 11 is 0. The third-order valence-corrected chi connectivity index (χ3v) is 7.57. The van der Waals surface area contributed by atoms with Gasteiger partial charge in [-0.25, -0.2) is 27.7 Å². The number of halogens is 5. The molecule has 0 bridgehead atoms. The van der Waals surface area contributed by atoms with Crippen LogP contribution >= 0.6 is 0 Å². The molecule has 3 amide bonds. The van der Waals surface area contributed by atoms with Gasteiger partial charge in [-0.05, 0) is 42.5 Å². The normalized spacial score (nSPS) is 26.9. The largest absolute Gasteiger partial charge is 0.410 e. The molecule has 38 heavy (non-hydrogen) atoms. The van der Waals surface area contributed by atoms with E-state index < -0.39 is 54.5 Å². The van der Waals surface area contributed by atoms with Crippen molar-refractivity contribution in [3.05, 3.63) is 41.1 Å². The lowest BCUT2D eigenvalue weighted by molar-refractivity contribution is -0.149. The van der Waals surface area contributed by atoms with Gasteiger partial charge in [0.1, 0.15) is 11.7 Å². The SMILES string of the molecule is Cc1nonc1C(=O)NC(c1cn2ncc(CN3C[C@@H](C(F)(F)F)NC3=O)cc2n1)C1CC2C(C1)C2(F)F. The van der Waals surface area contributed by atoms with Crippen LogP contribution in [0.25, 0.3) is 5.65 Å². The predicted molar refractivity (Wildman–Crippen MR) is 116 cm³/mol. The summed E-state index contributed by atoms with van der Waals surface area (Å²) in [5.41, 5.74) is 1.37. The van der Waals surface area contributed by atoms with Crippen LogP contribution in [0.2, 0.25) is 0 Å². The summed E-state index contributed by atoms with van der Waals surface area (Å²) in [6.07, 6.45) is -1.20. The van der Waals surface area contributed by atoms with Crippen molar-refractivity contribution in [1.82, 2.24) is 40.4 Å². The van der Waals surface area contributed by atoms with Gasteiger partial charge in [-0.15, -0.1) is 0 Å². The van der Waals surface area contributed by atoms with E-state index in [-0.39, 0.29) is 36.7 Å². The van der Waals surface area contributed by atoms with Crippen LogP contribution in [0.3, 0.4) is 0 Å². The van der Waals surface area contributed by atoms with E-state index in [9.17, 15) is 31.5 Å². The number of hydrogen-bond donors (Lipinski definition) is 2. The fourth-order valence-electron chi connectivity index (χ4n) is 5.51. The van der Waals surface area contributed by atoms with E-state index in [1.54, 1.807) is 19.2 Å². The van der Waals surface area contributed by atoms with Gasteiger partial charge in [0.25, 0.3) is 11.8 Å². The van der Waals surface area contributed by atoms with Crippen LogP contribution in [0, 0.1) is 24.7 Å². The van der Waals surface area contributed by atoms with Crippen molar-refractivity contribution in [3.8, 4) is 0 Å². The number of imidazole rings is 1. The Hall–Kier alpha value is -3.85. The van der Waals surface area contributed by atoms with Gasteiger partial charge in [-0.3, -0.25) is 4.79 Å². The van der Waals surface area contributed by atoms with E-state index in [1.807, 2.05) is 5.32 Å². The van der Waals surface area contributed by atoms with Crippen molar-refractivity contribution < 1.29 is 36.2 Å². The van der Waals surface area contributed by atoms with Crippen molar-refractivity contribution >= 4 is 17.6 Å². The Labute approximate surface area is 210 Å². The summed E-state index contributed by atoms with van der Waals surface area (Å²) in [5.74, 6) is -5.08. The number of nitrogens with one attached hydrogen (secondary N) is 2. The Balaban J connectivity index is 1.24. The molecule has 1 aliphatic heterocycles. The molecule has 3 aromatic rings. The molecule has 11 nitrogen and oxygen atoms in total. The molecular weight excluding hydrogens is 519 g/mol. The summed E-state index contributed by atoms with van der Waals surface area (Å²) in [7, 11) is 0. The molecule has 2 aliphatic carbocycles. The Morgan fingerprint density at radius 1 is 1.29 bits per heavy atom. The molecule has 3 aliphatic rings. The first kappa shape index (κ1) is 24.5. The van der Waals surface area contributed by atoms with Crippen molar-refractivity contribution in [2.45, 2.75) is 50.5 Å². The molecule has 3 aromatic heterocycles. The lowest BCUT2D eigenvalue weighted by Gasteiger charge is -2.25. The highest BCUT2D eigenvalue weighted by atomic mass is 19.4. The third kappa shape index (κ3) is 4.11. The number of nitrogens with zero attached hydrogens (tertiary/aromatic N) is 6. The molecule has 1 saturated heterocycles. The number of urea groups is 1. The molecule has 0 spiro atoms. The zero-order valence-corrected chi connectivity index (χ0v) is 19.7. The van der Waals surface area contributed by atoms with Crippen molar-refractivity contribution in [2.75, 3.05) is 6.54 Å². The van der Waals surface area contributed by atoms with Gasteiger partial charge in [0.05, 0.1) is 30.7 Å². The quantitative estimate of drug-likeness (QED) is 0.460. The van der Waals surface area contributed by atoms with Gasteiger partial charge in [-0.1, -0.05) is 5.16 Å². The summed E-state index contributed by atoms with van der Waals surface area (Å²) < 4.78 is 72.7. The lowest BCUT2D eigenvalue weighted by atomic mass is 9.91. The second-order valence-electron chi connectivity index (χ2n) is 10.0. The van der Waals surface area contributed by atoms with Gasteiger partial charge in [0.2, 0.25) is 0 Å². The first-order chi connectivity index (χ1) is 17.9. The highest BCUT2D eigenvalue weighted by molar-refractivity contribution is 5.93. The third-order valence-electron chi connectivity index (χ3n) is 7.57. The van der Waals surface area contributed by atoms with Crippen LogP contribution in [-0.2, 0) is 6.54 Å². The number of fused-ring (bicyclic) bond motifs is 2. The van der Waals surface area contributed by atoms with E-state index in [4.69, 9.17) is 0 Å². The van der Waals surface area contributed by atoms with Crippen molar-refractivity contribution in [1.29, 1.82) is 0 Å². The fraction of sp³-hybridized carbons (Fsp3) is 0.545. The first-order valence-electron chi connectivity index (χ1n) is 11.9. The highest BCUT2D eigenvalue weighted by Gasteiger charge is 2.72. The zero-order chi connectivity index (χ0) is 27.0. The summed E-state index contributed by atoms with van der Waals surface area (Å²) in [5, 5.41) is 16.2. The molecule has 202 valence electrons. The highest BCUT2D eigenvalue weighted by Crippen LogP contribution is 2.67. The monoisotopic (exact) mass is 540 g/mol. The van der Waals surface area contributed by atoms with E-state index in [0.29, 0.717) is 16.9 Å². The summed E-state index contributed by atoms with van der Waals surface area (Å²) in [6, 6.07) is -1.96. The molecule has 2 N–H and O–H groups in total. The minimum absolute atomic E-state index is 0.0336. The Morgan fingerprint density at radius 2 is 2.03 bits per heavy atom. The second kappa shape index (κ2) is 8.33. The average Bonchev–Trinajstić information content (AvgIpc) is 3.48. The molecule has 4 heterocycles. The Bertz CT molecular complexity index is 1410. The lowest BCUT2D eigenvalue weighted by Crippen LogP contribution is -2.40. The van der Waals surface area contributed by atoms with E-state index in [1.165, 1.54) is 10.7 Å². The second-order valence-corrected chi connectivity index (χ2v) is 10.0. The molecule has 6 rings (SSSR count). The number of hydrogen-bond acceptors (Lipinski definition) is 7. The minimum atomic E-state index is -4.56. The van der Waals surface area contributed by atoms with E-state index in [0.717, 1.165) is 4.90 Å². The molecule has 3 unspecified atom stereocenters. The zero-order valence-electron chi connectivity index (χ0n) is 19.7. The number of amides is 3. The van der Waals surface area contributed by atoms with Crippen molar-refractivity contribution in [2.24, 2.45) is 17.8 Å². The van der Waals surface area contributed by atoms with Gasteiger partial charge in [0, 0.05) is 18.4 Å². The van der Waals surface area contributed by atoms with Crippen LogP contribution in [0.4, 0.5) is 26.7 Å². The Kier molecular flexibility index (Phi) is 5.36.